The Labute approximate surface area is 204 Å². The molecule has 0 radical (unpaired) electrons. The van der Waals surface area contributed by atoms with Crippen LogP contribution in [-0.2, 0) is 14.3 Å². The van der Waals surface area contributed by atoms with Gasteiger partial charge in [-0.25, -0.2) is 4.79 Å². The largest absolute Gasteiger partial charge is 0.358 e. The maximum absolute atomic E-state index is 14.4. The van der Waals surface area contributed by atoms with E-state index in [1.807, 2.05) is 27.7 Å². The van der Waals surface area contributed by atoms with Crippen LogP contribution in [0.15, 0.2) is 0 Å². The molecule has 2 aliphatic heterocycles. The summed E-state index contributed by atoms with van der Waals surface area (Å²) >= 11 is 0. The standard InChI is InChI=1S/C27H43N3O4/c1-15(2)28-24(33)30(16(3)4)22(31)21-26(6)19-11-13-25(5)12-7-8-18(25)17(19)9-10-20(26)29-23(32)27(21)14-34-27/h15-21H,7-14H2,1-6H3,(H,28,33)(H,29,32)/t17-,18-,19-,20+,21?,25-,26+,27?/m0/s1. The Balaban J connectivity index is 1.56. The van der Waals surface area contributed by atoms with Gasteiger partial charge in [0.2, 0.25) is 5.91 Å². The number of nitrogens with zero attached hydrogens (tertiary/aromatic N) is 1. The van der Waals surface area contributed by atoms with Crippen LogP contribution < -0.4 is 10.6 Å². The number of carbonyl (C=O) groups excluding carboxylic acids is 3. The highest BCUT2D eigenvalue weighted by atomic mass is 16.6. The number of fused-ring (bicyclic) bond motifs is 5. The molecule has 5 aliphatic rings. The molecule has 3 saturated carbocycles. The van der Waals surface area contributed by atoms with Crippen LogP contribution in [-0.4, -0.2) is 53.1 Å². The molecule has 2 N–H and O–H groups in total. The fraction of sp³-hybridized carbons (Fsp3) is 0.889. The molecule has 0 aromatic carbocycles. The molecule has 7 heteroatoms. The van der Waals surface area contributed by atoms with Crippen LogP contribution in [0.25, 0.3) is 0 Å². The zero-order valence-electron chi connectivity index (χ0n) is 21.8. The number of carbonyl (C=O) groups is 3. The number of imide groups is 1. The summed E-state index contributed by atoms with van der Waals surface area (Å²) in [5.74, 6) is 0.562. The van der Waals surface area contributed by atoms with E-state index < -0.39 is 16.9 Å². The van der Waals surface area contributed by atoms with E-state index in [0.29, 0.717) is 23.2 Å². The first-order valence-electron chi connectivity index (χ1n) is 13.5. The molecule has 5 rings (SSSR count). The number of hydrogen-bond acceptors (Lipinski definition) is 4. The van der Waals surface area contributed by atoms with Crippen molar-refractivity contribution in [3.63, 3.8) is 0 Å². The lowest BCUT2D eigenvalue weighted by atomic mass is 9.44. The molecule has 190 valence electrons. The van der Waals surface area contributed by atoms with Crippen LogP contribution in [0, 0.1) is 34.5 Å². The number of rotatable bonds is 3. The molecule has 7 nitrogen and oxygen atoms in total. The number of nitrogens with one attached hydrogen (secondary N) is 2. The van der Waals surface area contributed by atoms with Crippen molar-refractivity contribution >= 4 is 17.8 Å². The van der Waals surface area contributed by atoms with Gasteiger partial charge in [0.05, 0.1) is 12.5 Å². The van der Waals surface area contributed by atoms with Crippen LogP contribution in [0.5, 0.6) is 0 Å². The van der Waals surface area contributed by atoms with Gasteiger partial charge in [0.1, 0.15) is 0 Å². The summed E-state index contributed by atoms with van der Waals surface area (Å²) < 4.78 is 5.88. The molecule has 2 heterocycles. The quantitative estimate of drug-likeness (QED) is 0.609. The van der Waals surface area contributed by atoms with Crippen LogP contribution in [0.1, 0.15) is 86.5 Å². The number of urea groups is 1. The van der Waals surface area contributed by atoms with Gasteiger partial charge in [-0.2, -0.15) is 0 Å². The van der Waals surface area contributed by atoms with Crippen molar-refractivity contribution in [2.24, 2.45) is 34.5 Å². The molecule has 0 aromatic rings. The molecule has 4 amide bonds. The predicted molar refractivity (Wildman–Crippen MR) is 129 cm³/mol. The average molecular weight is 474 g/mol. The van der Waals surface area contributed by atoms with Crippen LogP contribution in [0.4, 0.5) is 4.79 Å². The molecule has 0 bridgehead atoms. The Hall–Kier alpha value is -1.63. The number of epoxide rings is 1. The molecular formula is C27H43N3O4. The van der Waals surface area contributed by atoms with E-state index in [9.17, 15) is 14.4 Å². The van der Waals surface area contributed by atoms with Crippen molar-refractivity contribution in [2.75, 3.05) is 6.61 Å². The fourth-order valence-electron chi connectivity index (χ4n) is 8.83. The number of piperidine rings is 1. The Kier molecular flexibility index (Phi) is 5.62. The molecule has 2 unspecified atom stereocenters. The average Bonchev–Trinajstić information content (AvgIpc) is 3.41. The van der Waals surface area contributed by atoms with Gasteiger partial charge in [0, 0.05) is 23.5 Å². The lowest BCUT2D eigenvalue weighted by Gasteiger charge is -2.62. The Morgan fingerprint density at radius 1 is 1.06 bits per heavy atom. The van der Waals surface area contributed by atoms with Gasteiger partial charge in [0.25, 0.3) is 5.91 Å². The molecule has 0 aromatic heterocycles. The van der Waals surface area contributed by atoms with Crippen LogP contribution >= 0.6 is 0 Å². The monoisotopic (exact) mass is 473 g/mol. The summed E-state index contributed by atoms with van der Waals surface area (Å²) in [6, 6.07) is -0.824. The smallest absolute Gasteiger partial charge is 0.324 e. The van der Waals surface area contributed by atoms with E-state index in [2.05, 4.69) is 24.5 Å². The highest BCUT2D eigenvalue weighted by molar-refractivity contribution is 6.02. The fourth-order valence-corrected chi connectivity index (χ4v) is 8.83. The van der Waals surface area contributed by atoms with Crippen molar-refractivity contribution < 1.29 is 19.1 Å². The molecule has 5 fully saturated rings. The molecule has 34 heavy (non-hydrogen) atoms. The second-order valence-electron chi connectivity index (χ2n) is 12.9. The summed E-state index contributed by atoms with van der Waals surface area (Å²) in [6.45, 7) is 12.5. The van der Waals surface area contributed by atoms with Crippen molar-refractivity contribution in [1.82, 2.24) is 15.5 Å². The molecule has 8 atom stereocenters. The summed E-state index contributed by atoms with van der Waals surface area (Å²) in [5, 5.41) is 6.20. The third-order valence-electron chi connectivity index (χ3n) is 10.4. The van der Waals surface area contributed by atoms with Gasteiger partial charge in [-0.1, -0.05) is 20.3 Å². The van der Waals surface area contributed by atoms with Crippen molar-refractivity contribution in [3.8, 4) is 0 Å². The third-order valence-corrected chi connectivity index (χ3v) is 10.4. The van der Waals surface area contributed by atoms with Gasteiger partial charge in [-0.15, -0.1) is 0 Å². The normalized spacial score (nSPS) is 44.8. The third kappa shape index (κ3) is 3.28. The number of hydrogen-bond donors (Lipinski definition) is 2. The summed E-state index contributed by atoms with van der Waals surface area (Å²) in [6.07, 6.45) is 8.17. The Bertz CT molecular complexity index is 883. The molecule has 3 aliphatic carbocycles. The zero-order chi connectivity index (χ0) is 24.6. The van der Waals surface area contributed by atoms with Crippen molar-refractivity contribution in [1.29, 1.82) is 0 Å². The van der Waals surface area contributed by atoms with E-state index in [4.69, 9.17) is 4.74 Å². The maximum atomic E-state index is 14.4. The maximum Gasteiger partial charge on any atom is 0.324 e. The highest BCUT2D eigenvalue weighted by Crippen LogP contribution is 2.67. The first kappa shape index (κ1) is 24.1. The summed E-state index contributed by atoms with van der Waals surface area (Å²) in [4.78, 5) is 42.3. The minimum absolute atomic E-state index is 0.0574. The second-order valence-corrected chi connectivity index (χ2v) is 12.9. The first-order chi connectivity index (χ1) is 16.0. The van der Waals surface area contributed by atoms with Crippen LogP contribution in [0.3, 0.4) is 0 Å². The van der Waals surface area contributed by atoms with Gasteiger partial charge < -0.3 is 15.4 Å². The van der Waals surface area contributed by atoms with Gasteiger partial charge in [-0.3, -0.25) is 14.5 Å². The Morgan fingerprint density at radius 2 is 1.76 bits per heavy atom. The SMILES string of the molecule is CC(C)NC(=O)N(C(=O)C1C2(CO2)C(=O)N[C@@H]2CC[C@H]3[C@@H]4CCC[C@@]4(C)CC[C@@H]3[C@@]12C)C(C)C. The lowest BCUT2D eigenvalue weighted by molar-refractivity contribution is -0.174. The molecular weight excluding hydrogens is 430 g/mol. The highest BCUT2D eigenvalue weighted by Gasteiger charge is 2.74. The topological polar surface area (TPSA) is 91.0 Å². The molecule has 1 spiro atoms. The summed E-state index contributed by atoms with van der Waals surface area (Å²) in [7, 11) is 0. The lowest BCUT2D eigenvalue weighted by Crippen LogP contribution is -2.73. The van der Waals surface area contributed by atoms with E-state index in [1.54, 1.807) is 0 Å². The van der Waals surface area contributed by atoms with E-state index >= 15 is 0 Å². The van der Waals surface area contributed by atoms with Crippen molar-refractivity contribution in [2.45, 2.75) is 110 Å². The van der Waals surface area contributed by atoms with Crippen molar-refractivity contribution in [3.05, 3.63) is 0 Å². The number of ether oxygens (including phenoxy) is 1. The molecule has 2 saturated heterocycles. The minimum Gasteiger partial charge on any atom is -0.358 e. The van der Waals surface area contributed by atoms with Crippen LogP contribution in [0.2, 0.25) is 0 Å². The summed E-state index contributed by atoms with van der Waals surface area (Å²) in [5.41, 5.74) is -1.15. The van der Waals surface area contributed by atoms with Gasteiger partial charge >= 0.3 is 6.03 Å². The second kappa shape index (κ2) is 7.94. The first-order valence-corrected chi connectivity index (χ1v) is 13.5. The van der Waals surface area contributed by atoms with E-state index in [0.717, 1.165) is 19.3 Å². The Morgan fingerprint density at radius 3 is 2.38 bits per heavy atom. The predicted octanol–water partition coefficient (Wildman–Crippen LogP) is 3.86. The van der Waals surface area contributed by atoms with E-state index in [1.165, 1.54) is 30.6 Å². The minimum atomic E-state index is -1.13. The zero-order valence-corrected chi connectivity index (χ0v) is 21.8. The number of amides is 4. The van der Waals surface area contributed by atoms with Gasteiger partial charge in [0.15, 0.2) is 5.60 Å². The van der Waals surface area contributed by atoms with E-state index in [-0.39, 0.29) is 42.6 Å². The van der Waals surface area contributed by atoms with Gasteiger partial charge in [-0.05, 0) is 89.4 Å².